The fraction of sp³-hybridized carbons (Fsp3) is 0.286. The first-order valence-electron chi connectivity index (χ1n) is 6.64. The highest BCUT2D eigenvalue weighted by molar-refractivity contribution is 7.18. The molecule has 0 atom stereocenters. The molecule has 0 bridgehead atoms. The molecule has 1 saturated heterocycles. The van der Waals surface area contributed by atoms with Gasteiger partial charge in [-0.3, -0.25) is 19.4 Å². The van der Waals surface area contributed by atoms with Crippen molar-refractivity contribution >= 4 is 39.4 Å². The molecule has 7 nitrogen and oxygen atoms in total. The second-order valence-electron chi connectivity index (χ2n) is 5.11. The Hall–Kier alpha value is -2.32. The lowest BCUT2D eigenvalue weighted by molar-refractivity contribution is -0.143. The van der Waals surface area contributed by atoms with Crippen molar-refractivity contribution < 1.29 is 14.4 Å². The van der Waals surface area contributed by atoms with Gasteiger partial charge in [0.25, 0.3) is 0 Å². The second kappa shape index (κ2) is 5.47. The number of aromatic nitrogens is 1. The molecular weight excluding hydrogens is 304 g/mol. The van der Waals surface area contributed by atoms with Crippen molar-refractivity contribution in [2.45, 2.75) is 6.54 Å². The van der Waals surface area contributed by atoms with Gasteiger partial charge in [0.2, 0.25) is 0 Å². The number of carbonyl (C=O) groups excluding carboxylic acids is 3. The van der Waals surface area contributed by atoms with Gasteiger partial charge in [0.1, 0.15) is 5.01 Å². The van der Waals surface area contributed by atoms with Crippen LogP contribution in [0.1, 0.15) is 5.01 Å². The lowest BCUT2D eigenvalue weighted by Crippen LogP contribution is -2.40. The van der Waals surface area contributed by atoms with Crippen LogP contribution in [0, 0.1) is 0 Å². The van der Waals surface area contributed by atoms with E-state index in [4.69, 9.17) is 0 Å². The highest BCUT2D eigenvalue weighted by Crippen LogP contribution is 2.22. The maximum absolute atomic E-state index is 11.8. The largest absolute Gasteiger partial charge is 0.335 e. The Labute approximate surface area is 130 Å². The van der Waals surface area contributed by atoms with Crippen LogP contribution in [0.4, 0.5) is 4.79 Å². The summed E-state index contributed by atoms with van der Waals surface area (Å²) in [4.78, 5) is 43.1. The van der Waals surface area contributed by atoms with Gasteiger partial charge in [0, 0.05) is 7.05 Å². The Kier molecular flexibility index (Phi) is 3.63. The SMILES string of the molecule is CN(Cc1nc2ccccc2s1)CN1C(=O)C(=O)N(C)C1=O. The number of para-hydroxylation sites is 1. The monoisotopic (exact) mass is 318 g/mol. The van der Waals surface area contributed by atoms with Crippen molar-refractivity contribution in [1.82, 2.24) is 19.7 Å². The molecule has 2 aromatic rings. The first kappa shape index (κ1) is 14.6. The summed E-state index contributed by atoms with van der Waals surface area (Å²) in [7, 11) is 3.07. The molecule has 0 spiro atoms. The molecule has 4 amide bonds. The topological polar surface area (TPSA) is 73.8 Å². The normalized spacial score (nSPS) is 15.7. The molecular formula is C14H14N4O3S. The fourth-order valence-corrected chi connectivity index (χ4v) is 3.30. The third kappa shape index (κ3) is 2.46. The molecule has 0 N–H and O–H groups in total. The summed E-state index contributed by atoms with van der Waals surface area (Å²) in [5.74, 6) is -1.58. The van der Waals surface area contributed by atoms with Gasteiger partial charge in [-0.05, 0) is 19.2 Å². The molecule has 0 unspecified atom stereocenters. The van der Waals surface area contributed by atoms with Crippen molar-refractivity contribution in [1.29, 1.82) is 0 Å². The van der Waals surface area contributed by atoms with Crippen molar-refractivity contribution in [2.75, 3.05) is 20.8 Å². The number of thiazole rings is 1. The number of urea groups is 1. The van der Waals surface area contributed by atoms with Crippen LogP contribution in [0.15, 0.2) is 24.3 Å². The van der Waals surface area contributed by atoms with Crippen molar-refractivity contribution in [3.63, 3.8) is 0 Å². The number of nitrogens with zero attached hydrogens (tertiary/aromatic N) is 4. The van der Waals surface area contributed by atoms with E-state index in [1.165, 1.54) is 7.05 Å². The Bertz CT molecular complexity index is 739. The predicted molar refractivity (Wildman–Crippen MR) is 81.0 cm³/mol. The molecule has 1 aromatic heterocycles. The zero-order valence-electron chi connectivity index (χ0n) is 12.1. The standard InChI is InChI=1S/C14H14N4O3S/c1-16(8-18-13(20)12(19)17(2)14(18)21)7-11-15-9-5-3-4-6-10(9)22-11/h3-6H,7-8H2,1-2H3. The van der Waals surface area contributed by atoms with Crippen LogP contribution in [0.3, 0.4) is 0 Å². The maximum Gasteiger partial charge on any atom is 0.335 e. The van der Waals surface area contributed by atoms with E-state index >= 15 is 0 Å². The maximum atomic E-state index is 11.8. The van der Waals surface area contributed by atoms with Gasteiger partial charge in [-0.25, -0.2) is 14.7 Å². The Balaban J connectivity index is 1.70. The van der Waals surface area contributed by atoms with Crippen LogP contribution < -0.4 is 0 Å². The van der Waals surface area contributed by atoms with Crippen molar-refractivity contribution in [3.8, 4) is 0 Å². The van der Waals surface area contributed by atoms with E-state index in [1.54, 1.807) is 23.3 Å². The summed E-state index contributed by atoms with van der Waals surface area (Å²) in [6.07, 6.45) is 0. The van der Waals surface area contributed by atoms with Gasteiger partial charge in [-0.15, -0.1) is 11.3 Å². The molecule has 114 valence electrons. The molecule has 2 heterocycles. The minimum absolute atomic E-state index is 0.0592. The number of carbonyl (C=O) groups is 3. The Morgan fingerprint density at radius 1 is 1.18 bits per heavy atom. The van der Waals surface area contributed by atoms with Gasteiger partial charge >= 0.3 is 17.8 Å². The van der Waals surface area contributed by atoms with E-state index in [-0.39, 0.29) is 6.67 Å². The smallest absolute Gasteiger partial charge is 0.282 e. The van der Waals surface area contributed by atoms with Crippen LogP contribution >= 0.6 is 11.3 Å². The average molecular weight is 318 g/mol. The third-order valence-corrected chi connectivity index (χ3v) is 4.40. The fourth-order valence-electron chi connectivity index (χ4n) is 2.25. The highest BCUT2D eigenvalue weighted by atomic mass is 32.1. The third-order valence-electron chi connectivity index (χ3n) is 3.38. The molecule has 22 heavy (non-hydrogen) atoms. The summed E-state index contributed by atoms with van der Waals surface area (Å²) in [6.45, 7) is 0.554. The predicted octanol–water partition coefficient (Wildman–Crippen LogP) is 1.11. The minimum atomic E-state index is -0.793. The second-order valence-corrected chi connectivity index (χ2v) is 6.23. The molecule has 0 aliphatic carbocycles. The van der Waals surface area contributed by atoms with E-state index in [0.29, 0.717) is 6.54 Å². The minimum Gasteiger partial charge on any atom is -0.282 e. The lowest BCUT2D eigenvalue weighted by atomic mass is 10.3. The Morgan fingerprint density at radius 3 is 2.55 bits per heavy atom. The van der Waals surface area contributed by atoms with E-state index in [1.807, 2.05) is 24.3 Å². The number of benzene rings is 1. The molecule has 0 radical (unpaired) electrons. The van der Waals surface area contributed by atoms with Crippen LogP contribution in [-0.2, 0) is 16.1 Å². The van der Waals surface area contributed by atoms with Crippen LogP contribution in [0.25, 0.3) is 10.2 Å². The molecule has 1 aromatic carbocycles. The number of amides is 4. The van der Waals surface area contributed by atoms with Crippen LogP contribution in [-0.4, -0.2) is 58.3 Å². The van der Waals surface area contributed by atoms with E-state index < -0.39 is 17.8 Å². The quantitative estimate of drug-likeness (QED) is 0.623. The molecule has 1 fully saturated rings. The average Bonchev–Trinajstić information content (AvgIpc) is 2.98. The van der Waals surface area contributed by atoms with Gasteiger partial charge in [0.05, 0.1) is 23.4 Å². The van der Waals surface area contributed by atoms with Crippen LogP contribution in [0.2, 0.25) is 0 Å². The summed E-state index contributed by atoms with van der Waals surface area (Å²) in [5.41, 5.74) is 0.930. The first-order valence-corrected chi connectivity index (χ1v) is 7.45. The van der Waals surface area contributed by atoms with Gasteiger partial charge in [-0.1, -0.05) is 12.1 Å². The van der Waals surface area contributed by atoms with Crippen molar-refractivity contribution in [2.24, 2.45) is 0 Å². The molecule has 1 aliphatic heterocycles. The number of likely N-dealkylation sites (N-methyl/N-ethyl adjacent to an activating group) is 1. The van der Waals surface area contributed by atoms with E-state index in [9.17, 15) is 14.4 Å². The van der Waals surface area contributed by atoms with Gasteiger partial charge < -0.3 is 0 Å². The summed E-state index contributed by atoms with van der Waals surface area (Å²) in [6, 6.07) is 7.23. The van der Waals surface area contributed by atoms with E-state index in [2.05, 4.69) is 4.98 Å². The zero-order chi connectivity index (χ0) is 15.9. The summed E-state index contributed by atoms with van der Waals surface area (Å²) < 4.78 is 1.09. The van der Waals surface area contributed by atoms with Gasteiger partial charge in [0.15, 0.2) is 0 Å². The molecule has 8 heteroatoms. The zero-order valence-corrected chi connectivity index (χ0v) is 13.0. The molecule has 1 aliphatic rings. The van der Waals surface area contributed by atoms with Gasteiger partial charge in [-0.2, -0.15) is 0 Å². The Morgan fingerprint density at radius 2 is 1.91 bits per heavy atom. The number of hydrogen-bond acceptors (Lipinski definition) is 6. The summed E-state index contributed by atoms with van der Waals surface area (Å²) in [5, 5.41) is 0.891. The summed E-state index contributed by atoms with van der Waals surface area (Å²) >= 11 is 1.57. The van der Waals surface area contributed by atoms with Crippen LogP contribution in [0.5, 0.6) is 0 Å². The van der Waals surface area contributed by atoms with E-state index in [0.717, 1.165) is 25.0 Å². The highest BCUT2D eigenvalue weighted by Gasteiger charge is 2.42. The molecule has 0 saturated carbocycles. The number of hydrogen-bond donors (Lipinski definition) is 0. The van der Waals surface area contributed by atoms with Crippen molar-refractivity contribution in [3.05, 3.63) is 29.3 Å². The number of rotatable bonds is 4. The number of fused-ring (bicyclic) bond motifs is 1. The lowest BCUT2D eigenvalue weighted by Gasteiger charge is -2.20. The first-order chi connectivity index (χ1) is 10.5. The molecule has 3 rings (SSSR count). The number of imide groups is 2.